The van der Waals surface area contributed by atoms with E-state index in [1.54, 1.807) is 16.7 Å². The summed E-state index contributed by atoms with van der Waals surface area (Å²) in [5, 5.41) is 0. The monoisotopic (exact) mass is 311 g/mol. The second-order valence-electron chi connectivity index (χ2n) is 5.05. The van der Waals surface area contributed by atoms with E-state index in [-0.39, 0.29) is 12.5 Å². The zero-order valence-electron chi connectivity index (χ0n) is 12.3. The molecule has 3 rings (SSSR count). The maximum Gasteiger partial charge on any atom is 0.249 e. The summed E-state index contributed by atoms with van der Waals surface area (Å²) in [4.78, 5) is 18.7. The standard InChI is InChI=1S/C17H17N3OS/c1-22-11-20-15-8-7-13(18)9-14(15)17(19-10-16(20)21)12-5-3-2-4-6-12/h2-9H,10-11,18H2,1H3. The molecule has 4 nitrogen and oxygen atoms in total. The highest BCUT2D eigenvalue weighted by Crippen LogP contribution is 2.29. The highest BCUT2D eigenvalue weighted by Gasteiger charge is 2.24. The van der Waals surface area contributed by atoms with Gasteiger partial charge in [-0.25, -0.2) is 0 Å². The van der Waals surface area contributed by atoms with E-state index >= 15 is 0 Å². The molecule has 1 amide bonds. The largest absolute Gasteiger partial charge is 0.399 e. The number of benzene rings is 2. The number of carbonyl (C=O) groups is 1. The van der Waals surface area contributed by atoms with Gasteiger partial charge in [-0.1, -0.05) is 30.3 Å². The van der Waals surface area contributed by atoms with Crippen LogP contribution >= 0.6 is 11.8 Å². The van der Waals surface area contributed by atoms with E-state index in [1.807, 2.05) is 54.8 Å². The number of nitrogens with zero attached hydrogens (tertiary/aromatic N) is 2. The molecule has 2 aromatic carbocycles. The van der Waals surface area contributed by atoms with Crippen molar-refractivity contribution in [2.24, 2.45) is 4.99 Å². The van der Waals surface area contributed by atoms with Crippen LogP contribution in [0.5, 0.6) is 0 Å². The van der Waals surface area contributed by atoms with Gasteiger partial charge in [0.1, 0.15) is 6.54 Å². The molecule has 2 N–H and O–H groups in total. The minimum absolute atomic E-state index is 0.00584. The lowest BCUT2D eigenvalue weighted by Gasteiger charge is -2.22. The normalized spacial score (nSPS) is 14.3. The first-order chi connectivity index (χ1) is 10.7. The third-order valence-electron chi connectivity index (χ3n) is 3.55. The fourth-order valence-electron chi connectivity index (χ4n) is 2.54. The lowest BCUT2D eigenvalue weighted by atomic mass is 10.00. The third-order valence-corrected chi connectivity index (χ3v) is 4.06. The van der Waals surface area contributed by atoms with E-state index in [0.29, 0.717) is 11.6 Å². The molecule has 2 aromatic rings. The number of hydrogen-bond donors (Lipinski definition) is 1. The lowest BCUT2D eigenvalue weighted by molar-refractivity contribution is -0.117. The summed E-state index contributed by atoms with van der Waals surface area (Å²) in [6.45, 7) is 0.152. The number of fused-ring (bicyclic) bond motifs is 1. The number of amides is 1. The molecule has 0 spiro atoms. The van der Waals surface area contributed by atoms with Gasteiger partial charge in [-0.3, -0.25) is 9.79 Å². The van der Waals surface area contributed by atoms with E-state index < -0.39 is 0 Å². The number of nitrogen functional groups attached to an aromatic ring is 1. The molecule has 0 radical (unpaired) electrons. The van der Waals surface area contributed by atoms with Gasteiger partial charge in [0.2, 0.25) is 5.91 Å². The van der Waals surface area contributed by atoms with Gasteiger partial charge in [0.15, 0.2) is 0 Å². The van der Waals surface area contributed by atoms with Crippen molar-refractivity contribution in [2.75, 3.05) is 29.3 Å². The van der Waals surface area contributed by atoms with Crippen LogP contribution in [0.3, 0.4) is 0 Å². The first-order valence-electron chi connectivity index (χ1n) is 7.00. The van der Waals surface area contributed by atoms with Crippen LogP contribution in [0.2, 0.25) is 0 Å². The quantitative estimate of drug-likeness (QED) is 0.887. The van der Waals surface area contributed by atoms with Gasteiger partial charge in [0.05, 0.1) is 17.3 Å². The topological polar surface area (TPSA) is 58.7 Å². The summed E-state index contributed by atoms with van der Waals surface area (Å²) in [6.07, 6.45) is 1.98. The number of aliphatic imine (C=N–C) groups is 1. The van der Waals surface area contributed by atoms with Crippen LogP contribution in [0.25, 0.3) is 0 Å². The van der Waals surface area contributed by atoms with Crippen LogP contribution in [0, 0.1) is 0 Å². The van der Waals surface area contributed by atoms with E-state index in [1.165, 1.54) is 0 Å². The Kier molecular flexibility index (Phi) is 4.15. The third kappa shape index (κ3) is 2.72. The smallest absolute Gasteiger partial charge is 0.249 e. The van der Waals surface area contributed by atoms with Gasteiger partial charge in [0.25, 0.3) is 0 Å². The molecule has 1 aliphatic heterocycles. The molecule has 22 heavy (non-hydrogen) atoms. The molecule has 0 atom stereocenters. The number of nitrogens with two attached hydrogens (primary N) is 1. The predicted molar refractivity (Wildman–Crippen MR) is 93.7 cm³/mol. The first kappa shape index (κ1) is 14.7. The SMILES string of the molecule is CSCN1C(=O)CN=C(c2ccccc2)c2cc(N)ccc21. The highest BCUT2D eigenvalue weighted by molar-refractivity contribution is 7.98. The molecule has 0 saturated carbocycles. The van der Waals surface area contributed by atoms with E-state index in [0.717, 1.165) is 22.5 Å². The van der Waals surface area contributed by atoms with Gasteiger partial charge in [-0.2, -0.15) is 0 Å². The van der Waals surface area contributed by atoms with Gasteiger partial charge in [-0.05, 0) is 24.5 Å². The first-order valence-corrected chi connectivity index (χ1v) is 8.39. The zero-order chi connectivity index (χ0) is 15.5. The molecule has 0 aromatic heterocycles. The molecule has 1 heterocycles. The van der Waals surface area contributed by atoms with Crippen LogP contribution in [-0.4, -0.2) is 30.3 Å². The summed E-state index contributed by atoms with van der Waals surface area (Å²) in [6, 6.07) is 15.5. The maximum atomic E-state index is 12.4. The number of benzodiazepines with no additional fused rings is 1. The second-order valence-corrected chi connectivity index (χ2v) is 5.88. The molecular weight excluding hydrogens is 294 g/mol. The van der Waals surface area contributed by atoms with Crippen molar-refractivity contribution in [3.05, 3.63) is 59.7 Å². The summed E-state index contributed by atoms with van der Waals surface area (Å²) in [5.41, 5.74) is 10.2. The number of rotatable bonds is 3. The van der Waals surface area contributed by atoms with Crippen molar-refractivity contribution < 1.29 is 4.79 Å². The summed E-state index contributed by atoms with van der Waals surface area (Å²) >= 11 is 1.61. The fourth-order valence-corrected chi connectivity index (χ4v) is 3.08. The fraction of sp³-hybridized carbons (Fsp3) is 0.176. The van der Waals surface area contributed by atoms with Gasteiger partial charge >= 0.3 is 0 Å². The predicted octanol–water partition coefficient (Wildman–Crippen LogP) is 2.77. The molecule has 0 bridgehead atoms. The van der Waals surface area contributed by atoms with E-state index in [9.17, 15) is 4.79 Å². The number of thioether (sulfide) groups is 1. The summed E-state index contributed by atoms with van der Waals surface area (Å²) in [7, 11) is 0. The van der Waals surface area contributed by atoms with Crippen molar-refractivity contribution >= 4 is 34.8 Å². The van der Waals surface area contributed by atoms with Crippen LogP contribution in [-0.2, 0) is 4.79 Å². The van der Waals surface area contributed by atoms with Crippen molar-refractivity contribution in [3.8, 4) is 0 Å². The Labute approximate surface area is 134 Å². The molecule has 1 aliphatic rings. The second kappa shape index (κ2) is 6.23. The Morgan fingerprint density at radius 3 is 2.73 bits per heavy atom. The molecular formula is C17H17N3OS. The average Bonchev–Trinajstić information content (AvgIpc) is 2.66. The van der Waals surface area contributed by atoms with Gasteiger partial charge < -0.3 is 10.6 Å². The van der Waals surface area contributed by atoms with E-state index in [2.05, 4.69) is 4.99 Å². The number of carbonyl (C=O) groups excluding carboxylic acids is 1. The zero-order valence-corrected chi connectivity index (χ0v) is 13.1. The van der Waals surface area contributed by atoms with Crippen LogP contribution < -0.4 is 10.6 Å². The van der Waals surface area contributed by atoms with Crippen molar-refractivity contribution in [1.82, 2.24) is 0 Å². The molecule has 112 valence electrons. The van der Waals surface area contributed by atoms with Crippen LogP contribution in [0.4, 0.5) is 11.4 Å². The Hall–Kier alpha value is -2.27. The van der Waals surface area contributed by atoms with E-state index in [4.69, 9.17) is 5.73 Å². The van der Waals surface area contributed by atoms with Gasteiger partial charge in [0, 0.05) is 16.8 Å². The van der Waals surface area contributed by atoms with Crippen LogP contribution in [0.15, 0.2) is 53.5 Å². The number of anilines is 2. The van der Waals surface area contributed by atoms with Crippen molar-refractivity contribution in [1.29, 1.82) is 0 Å². The van der Waals surface area contributed by atoms with Crippen LogP contribution in [0.1, 0.15) is 11.1 Å². The Bertz CT molecular complexity index is 728. The minimum atomic E-state index is 0.00584. The Balaban J connectivity index is 2.18. The minimum Gasteiger partial charge on any atom is -0.399 e. The Morgan fingerprint density at radius 2 is 2.00 bits per heavy atom. The van der Waals surface area contributed by atoms with Crippen molar-refractivity contribution in [2.45, 2.75) is 0 Å². The average molecular weight is 311 g/mol. The molecule has 0 fully saturated rings. The van der Waals surface area contributed by atoms with Gasteiger partial charge in [-0.15, -0.1) is 11.8 Å². The molecule has 0 saturated heterocycles. The Morgan fingerprint density at radius 1 is 1.23 bits per heavy atom. The molecule has 0 unspecified atom stereocenters. The summed E-state index contributed by atoms with van der Waals surface area (Å²) in [5.74, 6) is 0.610. The number of hydrogen-bond acceptors (Lipinski definition) is 4. The molecule has 0 aliphatic carbocycles. The van der Waals surface area contributed by atoms with Crippen molar-refractivity contribution in [3.63, 3.8) is 0 Å². The molecule has 5 heteroatoms. The maximum absolute atomic E-state index is 12.4. The lowest BCUT2D eigenvalue weighted by Crippen LogP contribution is -2.32. The highest BCUT2D eigenvalue weighted by atomic mass is 32.2. The summed E-state index contributed by atoms with van der Waals surface area (Å²) < 4.78 is 0.